The summed E-state index contributed by atoms with van der Waals surface area (Å²) < 4.78 is 5.88. The molecule has 1 aliphatic carbocycles. The number of rotatable bonds is 7. The van der Waals surface area contributed by atoms with E-state index < -0.39 is 5.54 Å². The average Bonchev–Trinajstić information content (AvgIpc) is 2.90. The molecule has 20 heavy (non-hydrogen) atoms. The fourth-order valence-corrected chi connectivity index (χ4v) is 2.89. The lowest BCUT2D eigenvalue weighted by molar-refractivity contribution is -0.124. The number of likely N-dealkylation sites (N-methyl/N-ethyl adjacent to an activating group) is 1. The van der Waals surface area contributed by atoms with Gasteiger partial charge in [0, 0.05) is 13.0 Å². The molecule has 1 aliphatic rings. The van der Waals surface area contributed by atoms with Crippen LogP contribution < -0.4 is 11.1 Å². The smallest absolute Gasteiger partial charge is 0.237 e. The van der Waals surface area contributed by atoms with Crippen LogP contribution in [-0.2, 0) is 16.0 Å². The fourth-order valence-electron chi connectivity index (χ4n) is 2.89. The molecule has 2 rings (SSSR count). The Morgan fingerprint density at radius 2 is 2.20 bits per heavy atom. The highest BCUT2D eigenvalue weighted by Crippen LogP contribution is 2.31. The van der Waals surface area contributed by atoms with Gasteiger partial charge in [-0.3, -0.25) is 4.79 Å². The van der Waals surface area contributed by atoms with Crippen molar-refractivity contribution in [3.63, 3.8) is 0 Å². The summed E-state index contributed by atoms with van der Waals surface area (Å²) in [7, 11) is 1.79. The van der Waals surface area contributed by atoms with Gasteiger partial charge in [0.15, 0.2) is 0 Å². The number of primary amides is 1. The molecule has 0 spiro atoms. The van der Waals surface area contributed by atoms with E-state index in [2.05, 4.69) is 29.6 Å². The topological polar surface area (TPSA) is 64.3 Å². The summed E-state index contributed by atoms with van der Waals surface area (Å²) in [6.45, 7) is 0.734. The Bertz CT molecular complexity index is 435. The Balaban J connectivity index is 1.70. The summed E-state index contributed by atoms with van der Waals surface area (Å²) in [5, 5.41) is 3.07. The minimum absolute atomic E-state index is 0.144. The van der Waals surface area contributed by atoms with Crippen LogP contribution in [0.2, 0.25) is 0 Å². The average molecular weight is 276 g/mol. The van der Waals surface area contributed by atoms with Gasteiger partial charge < -0.3 is 15.8 Å². The number of benzene rings is 1. The van der Waals surface area contributed by atoms with Gasteiger partial charge in [0.2, 0.25) is 5.91 Å². The van der Waals surface area contributed by atoms with Crippen molar-refractivity contribution in [2.24, 2.45) is 5.73 Å². The molecule has 3 N–H and O–H groups in total. The van der Waals surface area contributed by atoms with Gasteiger partial charge in [-0.1, -0.05) is 30.3 Å². The number of carbonyl (C=O) groups excluding carboxylic acids is 1. The van der Waals surface area contributed by atoms with Crippen molar-refractivity contribution in [2.75, 3.05) is 13.7 Å². The number of nitrogens with one attached hydrogen (secondary N) is 1. The molecule has 0 aromatic heterocycles. The normalized spacial score (nSPS) is 25.8. The Labute approximate surface area is 120 Å². The zero-order chi connectivity index (χ0) is 14.4. The zero-order valence-corrected chi connectivity index (χ0v) is 12.1. The highest BCUT2D eigenvalue weighted by atomic mass is 16.5. The second-order valence-corrected chi connectivity index (χ2v) is 5.52. The Hall–Kier alpha value is -1.39. The van der Waals surface area contributed by atoms with Gasteiger partial charge in [-0.15, -0.1) is 0 Å². The first-order valence-electron chi connectivity index (χ1n) is 7.31. The van der Waals surface area contributed by atoms with Crippen LogP contribution in [0.1, 0.15) is 31.2 Å². The van der Waals surface area contributed by atoms with E-state index in [-0.39, 0.29) is 12.0 Å². The third-order valence-electron chi connectivity index (χ3n) is 4.23. The van der Waals surface area contributed by atoms with Gasteiger partial charge in [0.25, 0.3) is 0 Å². The minimum atomic E-state index is -0.565. The SMILES string of the molecule is CNC1(C(N)=O)CCC(OCCCc2ccccc2)C1. The Morgan fingerprint density at radius 3 is 2.80 bits per heavy atom. The molecule has 4 nitrogen and oxygen atoms in total. The number of hydrogen-bond acceptors (Lipinski definition) is 3. The molecule has 0 radical (unpaired) electrons. The molecule has 0 aliphatic heterocycles. The zero-order valence-electron chi connectivity index (χ0n) is 12.1. The van der Waals surface area contributed by atoms with Gasteiger partial charge in [-0.2, -0.15) is 0 Å². The van der Waals surface area contributed by atoms with E-state index in [1.807, 2.05) is 6.07 Å². The van der Waals surface area contributed by atoms with Crippen LogP contribution in [0.25, 0.3) is 0 Å². The Morgan fingerprint density at radius 1 is 1.45 bits per heavy atom. The molecule has 1 fully saturated rings. The number of aryl methyl sites for hydroxylation is 1. The van der Waals surface area contributed by atoms with Crippen LogP contribution in [0.4, 0.5) is 0 Å². The maximum atomic E-state index is 11.5. The van der Waals surface area contributed by atoms with Crippen molar-refractivity contribution < 1.29 is 9.53 Å². The van der Waals surface area contributed by atoms with E-state index in [4.69, 9.17) is 10.5 Å². The van der Waals surface area contributed by atoms with Crippen molar-refractivity contribution in [3.8, 4) is 0 Å². The van der Waals surface area contributed by atoms with Crippen LogP contribution in [0.15, 0.2) is 30.3 Å². The van der Waals surface area contributed by atoms with Crippen LogP contribution >= 0.6 is 0 Å². The second kappa shape index (κ2) is 6.86. The number of nitrogens with two attached hydrogens (primary N) is 1. The predicted octanol–water partition coefficient (Wildman–Crippen LogP) is 1.63. The molecule has 1 amide bonds. The molecule has 1 aromatic carbocycles. The van der Waals surface area contributed by atoms with Crippen molar-refractivity contribution >= 4 is 5.91 Å². The van der Waals surface area contributed by atoms with E-state index >= 15 is 0 Å². The fraction of sp³-hybridized carbons (Fsp3) is 0.562. The lowest BCUT2D eigenvalue weighted by Crippen LogP contribution is -2.52. The summed E-state index contributed by atoms with van der Waals surface area (Å²) in [5.41, 5.74) is 6.25. The largest absolute Gasteiger partial charge is 0.378 e. The first kappa shape index (κ1) is 15.0. The maximum absolute atomic E-state index is 11.5. The number of amides is 1. The monoisotopic (exact) mass is 276 g/mol. The van der Waals surface area contributed by atoms with E-state index in [0.717, 1.165) is 32.3 Å². The number of hydrogen-bond donors (Lipinski definition) is 2. The molecular weight excluding hydrogens is 252 g/mol. The van der Waals surface area contributed by atoms with Gasteiger partial charge in [-0.05, 0) is 38.3 Å². The third kappa shape index (κ3) is 3.58. The van der Waals surface area contributed by atoms with Gasteiger partial charge in [0.1, 0.15) is 0 Å². The minimum Gasteiger partial charge on any atom is -0.378 e. The molecule has 2 unspecified atom stereocenters. The molecule has 0 bridgehead atoms. The van der Waals surface area contributed by atoms with Crippen molar-refractivity contribution in [1.82, 2.24) is 5.32 Å². The van der Waals surface area contributed by atoms with Crippen molar-refractivity contribution in [1.29, 1.82) is 0 Å². The molecule has 4 heteroatoms. The summed E-state index contributed by atoms with van der Waals surface area (Å²) in [6, 6.07) is 10.4. The lowest BCUT2D eigenvalue weighted by Gasteiger charge is -2.24. The van der Waals surface area contributed by atoms with Crippen LogP contribution in [0.3, 0.4) is 0 Å². The van der Waals surface area contributed by atoms with Crippen molar-refractivity contribution in [2.45, 2.75) is 43.7 Å². The summed E-state index contributed by atoms with van der Waals surface area (Å²) in [5.74, 6) is -0.268. The second-order valence-electron chi connectivity index (χ2n) is 5.52. The van der Waals surface area contributed by atoms with Crippen LogP contribution in [0, 0.1) is 0 Å². The lowest BCUT2D eigenvalue weighted by atomic mass is 9.97. The molecule has 0 heterocycles. The summed E-state index contributed by atoms with van der Waals surface area (Å²) in [6.07, 6.45) is 4.52. The highest BCUT2D eigenvalue weighted by Gasteiger charge is 2.43. The van der Waals surface area contributed by atoms with E-state index in [1.165, 1.54) is 5.56 Å². The van der Waals surface area contributed by atoms with Gasteiger partial charge in [-0.25, -0.2) is 0 Å². The number of ether oxygens (including phenoxy) is 1. The standard InChI is InChI=1S/C16H24N2O2/c1-18-16(15(17)19)10-9-14(12-16)20-11-5-8-13-6-3-2-4-7-13/h2-4,6-7,14,18H,5,8-12H2,1H3,(H2,17,19). The quantitative estimate of drug-likeness (QED) is 0.744. The molecule has 0 saturated heterocycles. The first-order valence-corrected chi connectivity index (χ1v) is 7.31. The van der Waals surface area contributed by atoms with Crippen LogP contribution in [-0.4, -0.2) is 31.2 Å². The number of carbonyl (C=O) groups is 1. The molecule has 110 valence electrons. The maximum Gasteiger partial charge on any atom is 0.237 e. The molecule has 1 saturated carbocycles. The van der Waals surface area contributed by atoms with E-state index in [1.54, 1.807) is 7.05 Å². The van der Waals surface area contributed by atoms with Gasteiger partial charge >= 0.3 is 0 Å². The Kier molecular flexibility index (Phi) is 5.15. The summed E-state index contributed by atoms with van der Waals surface area (Å²) >= 11 is 0. The molecule has 1 aromatic rings. The predicted molar refractivity (Wildman–Crippen MR) is 79.3 cm³/mol. The van der Waals surface area contributed by atoms with Crippen LogP contribution in [0.5, 0.6) is 0 Å². The van der Waals surface area contributed by atoms with E-state index in [9.17, 15) is 4.79 Å². The highest BCUT2D eigenvalue weighted by molar-refractivity contribution is 5.85. The molecular formula is C16H24N2O2. The first-order chi connectivity index (χ1) is 9.66. The van der Waals surface area contributed by atoms with E-state index in [0.29, 0.717) is 6.42 Å². The van der Waals surface area contributed by atoms with Crippen molar-refractivity contribution in [3.05, 3.63) is 35.9 Å². The molecule has 2 atom stereocenters. The third-order valence-corrected chi connectivity index (χ3v) is 4.23. The van der Waals surface area contributed by atoms with Gasteiger partial charge in [0.05, 0.1) is 11.6 Å². The summed E-state index contributed by atoms with van der Waals surface area (Å²) in [4.78, 5) is 11.5.